The second kappa shape index (κ2) is 11.7. The van der Waals surface area contributed by atoms with Gasteiger partial charge in [-0.05, 0) is 68.9 Å². The van der Waals surface area contributed by atoms with Crippen molar-refractivity contribution in [1.82, 2.24) is 25.2 Å². The first-order valence-corrected chi connectivity index (χ1v) is 17.0. The van der Waals surface area contributed by atoms with Crippen molar-refractivity contribution in [2.24, 2.45) is 29.1 Å². The fourth-order valence-electron chi connectivity index (χ4n) is 6.53. The lowest BCUT2D eigenvalue weighted by molar-refractivity contribution is -0.142. The maximum absolute atomic E-state index is 14.2. The van der Waals surface area contributed by atoms with E-state index in [1.165, 1.54) is 11.3 Å². The molecule has 1 saturated carbocycles. The Balaban J connectivity index is 1.41. The van der Waals surface area contributed by atoms with Gasteiger partial charge in [-0.3, -0.25) is 19.2 Å². The molecule has 234 valence electrons. The van der Waals surface area contributed by atoms with Crippen molar-refractivity contribution in [3.05, 3.63) is 29.3 Å². The van der Waals surface area contributed by atoms with Crippen LogP contribution in [0, 0.1) is 29.1 Å². The predicted molar refractivity (Wildman–Crippen MR) is 168 cm³/mol. The Morgan fingerprint density at radius 1 is 1.21 bits per heavy atom. The van der Waals surface area contributed by atoms with Crippen LogP contribution in [0.25, 0.3) is 10.2 Å². The van der Waals surface area contributed by atoms with Gasteiger partial charge in [0.05, 0.1) is 32.0 Å². The zero-order valence-corrected chi connectivity index (χ0v) is 27.6. The van der Waals surface area contributed by atoms with Gasteiger partial charge in [0.25, 0.3) is 0 Å². The molecule has 12 heteroatoms. The first-order chi connectivity index (χ1) is 20.1. The van der Waals surface area contributed by atoms with Crippen molar-refractivity contribution in [1.29, 1.82) is 0 Å². The van der Waals surface area contributed by atoms with Crippen LogP contribution in [0.5, 0.6) is 0 Å². The van der Waals surface area contributed by atoms with Gasteiger partial charge in [-0.25, -0.2) is 13.9 Å². The molecule has 3 fully saturated rings. The summed E-state index contributed by atoms with van der Waals surface area (Å²) in [7, 11) is -1.48. The fraction of sp³-hybridized carbons (Fsp3) is 0.645. The second-order valence-electron chi connectivity index (χ2n) is 14.0. The molecular weight excluding hydrogens is 587 g/mol. The highest BCUT2D eigenvalue weighted by molar-refractivity contribution is 7.84. The molecule has 10 nitrogen and oxygen atoms in total. The van der Waals surface area contributed by atoms with Gasteiger partial charge in [0.1, 0.15) is 12.1 Å². The smallest absolute Gasteiger partial charge is 0.243 e. The molecule has 3 N–H and O–H groups in total. The van der Waals surface area contributed by atoms with Crippen molar-refractivity contribution in [2.75, 3.05) is 13.1 Å². The summed E-state index contributed by atoms with van der Waals surface area (Å²) >= 11 is 1.27. The van der Waals surface area contributed by atoms with E-state index in [1.54, 1.807) is 4.90 Å². The number of Topliss-reactive ketones (excluding diaryl/α,β-unsaturated/α-hetero) is 1. The molecule has 5 rings (SSSR count). The van der Waals surface area contributed by atoms with E-state index in [-0.39, 0.29) is 52.2 Å². The zero-order valence-electron chi connectivity index (χ0n) is 25.9. The first kappa shape index (κ1) is 31.7. The number of thiazole rings is 1. The standard InChI is InChI=1S/C31H43N5O5S2/c1-16(2)23(35-43(41)30(3,4)5)29(40)36-15-18-22(31(18,6)7)24(36)27(39)33-20(14-17-12-13-32-26(17)38)25(37)28-34-19-10-8-9-11-21(19)42-28/h8-11,16-18,20,22-24,35H,12-15H2,1-7H3,(H,32,38)(H,33,39)/t17-,18?,20-,22?,23-,24?,43?/m0/s1. The lowest BCUT2D eigenvalue weighted by atomic mass is 9.94. The van der Waals surface area contributed by atoms with Crippen molar-refractivity contribution >= 4 is 56.0 Å². The van der Waals surface area contributed by atoms with Crippen molar-refractivity contribution in [3.63, 3.8) is 0 Å². The van der Waals surface area contributed by atoms with Gasteiger partial charge in [-0.2, -0.15) is 0 Å². The number of ketones is 1. The molecule has 7 atom stereocenters. The minimum atomic E-state index is -1.48. The summed E-state index contributed by atoms with van der Waals surface area (Å²) in [5, 5.41) is 6.08. The summed E-state index contributed by atoms with van der Waals surface area (Å²) in [6, 6.07) is 4.99. The van der Waals surface area contributed by atoms with Crippen LogP contribution in [-0.2, 0) is 25.4 Å². The van der Waals surface area contributed by atoms with E-state index in [0.717, 1.165) is 4.70 Å². The Morgan fingerprint density at radius 2 is 1.91 bits per heavy atom. The Hall–Kier alpha value is -2.70. The van der Waals surface area contributed by atoms with E-state index < -0.39 is 45.7 Å². The molecular formula is C31H43N5O5S2. The number of hydrogen-bond acceptors (Lipinski definition) is 7. The third kappa shape index (κ3) is 6.15. The van der Waals surface area contributed by atoms with Crippen molar-refractivity contribution in [3.8, 4) is 0 Å². The molecule has 1 aliphatic carbocycles. The molecule has 2 saturated heterocycles. The monoisotopic (exact) mass is 629 g/mol. The molecule has 43 heavy (non-hydrogen) atoms. The van der Waals surface area contributed by atoms with Gasteiger partial charge >= 0.3 is 0 Å². The van der Waals surface area contributed by atoms with Crippen LogP contribution in [0.15, 0.2) is 24.3 Å². The minimum Gasteiger partial charge on any atom is -0.356 e. The van der Waals surface area contributed by atoms with Crippen LogP contribution < -0.4 is 15.4 Å². The van der Waals surface area contributed by atoms with Gasteiger partial charge in [0.15, 0.2) is 5.01 Å². The average molecular weight is 630 g/mol. The fourth-order valence-corrected chi connectivity index (χ4v) is 8.44. The van der Waals surface area contributed by atoms with E-state index in [2.05, 4.69) is 34.2 Å². The van der Waals surface area contributed by atoms with E-state index in [9.17, 15) is 23.4 Å². The third-order valence-electron chi connectivity index (χ3n) is 9.30. The number of amides is 3. The highest BCUT2D eigenvalue weighted by Crippen LogP contribution is 2.65. The third-order valence-corrected chi connectivity index (χ3v) is 11.9. The van der Waals surface area contributed by atoms with Gasteiger partial charge < -0.3 is 15.5 Å². The number of para-hydroxylation sites is 1. The molecule has 0 spiro atoms. The highest BCUT2D eigenvalue weighted by Gasteiger charge is 2.69. The topological polar surface area (TPSA) is 138 Å². The summed E-state index contributed by atoms with van der Waals surface area (Å²) in [6.45, 7) is 14.5. The number of nitrogens with one attached hydrogen (secondary N) is 3. The Morgan fingerprint density at radius 3 is 2.51 bits per heavy atom. The molecule has 3 aliphatic rings. The number of fused-ring (bicyclic) bond motifs is 2. The number of carbonyl (C=O) groups excluding carboxylic acids is 4. The maximum Gasteiger partial charge on any atom is 0.243 e. The molecule has 3 amide bonds. The van der Waals surface area contributed by atoms with E-state index >= 15 is 0 Å². The number of benzene rings is 1. The second-order valence-corrected chi connectivity index (χ2v) is 17.1. The van der Waals surface area contributed by atoms with Crippen LogP contribution >= 0.6 is 11.3 Å². The Labute approximate surface area is 259 Å². The zero-order chi connectivity index (χ0) is 31.4. The summed E-state index contributed by atoms with van der Waals surface area (Å²) in [5.41, 5.74) is 0.570. The molecule has 1 aromatic heterocycles. The minimum absolute atomic E-state index is 0.0645. The lowest BCUT2D eigenvalue weighted by Crippen LogP contribution is -2.59. The number of carbonyl (C=O) groups is 4. The molecule has 1 aromatic carbocycles. The van der Waals surface area contributed by atoms with Crippen LogP contribution in [0.1, 0.15) is 71.1 Å². The molecule has 2 aliphatic heterocycles. The molecule has 0 radical (unpaired) electrons. The van der Waals surface area contributed by atoms with E-state index in [0.29, 0.717) is 25.0 Å². The maximum atomic E-state index is 14.2. The lowest BCUT2D eigenvalue weighted by Gasteiger charge is -2.35. The van der Waals surface area contributed by atoms with Crippen LogP contribution in [0.2, 0.25) is 0 Å². The van der Waals surface area contributed by atoms with Crippen molar-refractivity contribution < 1.29 is 23.4 Å². The van der Waals surface area contributed by atoms with Gasteiger partial charge in [-0.1, -0.05) is 39.8 Å². The molecule has 4 unspecified atom stereocenters. The number of piperidine rings is 1. The van der Waals surface area contributed by atoms with E-state index in [1.807, 2.05) is 58.9 Å². The Kier molecular flexibility index (Phi) is 8.60. The van der Waals surface area contributed by atoms with Crippen LogP contribution in [-0.4, -0.2) is 73.6 Å². The van der Waals surface area contributed by atoms with E-state index in [4.69, 9.17) is 0 Å². The summed E-state index contributed by atoms with van der Waals surface area (Å²) in [6.07, 6.45) is 0.738. The number of aromatic nitrogens is 1. The summed E-state index contributed by atoms with van der Waals surface area (Å²) in [4.78, 5) is 60.7. The van der Waals surface area contributed by atoms with Crippen LogP contribution in [0.4, 0.5) is 0 Å². The van der Waals surface area contributed by atoms with Crippen LogP contribution in [0.3, 0.4) is 0 Å². The Bertz CT molecular complexity index is 1430. The SMILES string of the molecule is CC(C)[C@H](NS(=O)C(C)(C)C)C(=O)N1CC2C(C1C(=O)N[C@@H](C[C@@H]1CCNC1=O)C(=O)c1nc3ccccc3s1)C2(C)C. The average Bonchev–Trinajstić information content (AvgIpc) is 3.45. The predicted octanol–water partition coefficient (Wildman–Crippen LogP) is 3.05. The van der Waals surface area contributed by atoms with Gasteiger partial charge in [0.2, 0.25) is 23.5 Å². The number of hydrogen-bond donors (Lipinski definition) is 3. The van der Waals surface area contributed by atoms with Crippen molar-refractivity contribution in [2.45, 2.75) is 84.2 Å². The summed E-state index contributed by atoms with van der Waals surface area (Å²) in [5.74, 6) is -1.62. The highest BCUT2D eigenvalue weighted by atomic mass is 32.2. The normalized spacial score (nSPS) is 26.6. The quantitative estimate of drug-likeness (QED) is 0.346. The summed E-state index contributed by atoms with van der Waals surface area (Å²) < 4.78 is 16.3. The molecule has 3 heterocycles. The first-order valence-electron chi connectivity index (χ1n) is 15.1. The molecule has 0 bridgehead atoms. The van der Waals surface area contributed by atoms with Gasteiger partial charge in [-0.15, -0.1) is 11.3 Å². The number of likely N-dealkylation sites (tertiary alicyclic amines) is 1. The largest absolute Gasteiger partial charge is 0.356 e. The number of rotatable bonds is 10. The molecule has 2 aromatic rings. The van der Waals surface area contributed by atoms with Gasteiger partial charge in [0, 0.05) is 19.0 Å². The number of nitrogens with zero attached hydrogens (tertiary/aromatic N) is 2.